The summed E-state index contributed by atoms with van der Waals surface area (Å²) in [4.78, 5) is 21.4. The first-order valence-electron chi connectivity index (χ1n) is 5.30. The van der Waals surface area contributed by atoms with Crippen LogP contribution in [0.2, 0.25) is 0 Å². The second-order valence-electron chi connectivity index (χ2n) is 3.84. The fraction of sp³-hybridized carbons (Fsp3) is 0.0769. The van der Waals surface area contributed by atoms with Crippen LogP contribution in [0, 0.1) is 6.92 Å². The van der Waals surface area contributed by atoms with Crippen molar-refractivity contribution in [3.05, 3.63) is 51.6 Å². The molecule has 0 spiro atoms. The van der Waals surface area contributed by atoms with E-state index in [1.165, 1.54) is 4.88 Å². The summed E-state index contributed by atoms with van der Waals surface area (Å²) in [6, 6.07) is 11.4. The van der Waals surface area contributed by atoms with Gasteiger partial charge >= 0.3 is 0 Å². The van der Waals surface area contributed by atoms with E-state index in [0.29, 0.717) is 11.2 Å². The average Bonchev–Trinajstić information content (AvgIpc) is 2.76. The van der Waals surface area contributed by atoms with Crippen molar-refractivity contribution in [3.8, 4) is 10.7 Å². The Kier molecular flexibility index (Phi) is 2.30. The molecule has 0 unspecified atom stereocenters. The van der Waals surface area contributed by atoms with Crippen LogP contribution in [0.3, 0.4) is 0 Å². The highest BCUT2D eigenvalue weighted by molar-refractivity contribution is 7.15. The summed E-state index contributed by atoms with van der Waals surface area (Å²) in [6.45, 7) is 2.04. The van der Waals surface area contributed by atoms with Gasteiger partial charge in [-0.15, -0.1) is 11.3 Å². The Morgan fingerprint density at radius 2 is 2.00 bits per heavy atom. The summed E-state index contributed by atoms with van der Waals surface area (Å²) < 4.78 is 0. The first kappa shape index (κ1) is 10.2. The van der Waals surface area contributed by atoms with Gasteiger partial charge in [-0.2, -0.15) is 0 Å². The van der Waals surface area contributed by atoms with E-state index in [4.69, 9.17) is 0 Å². The Labute approximate surface area is 102 Å². The number of hydrogen-bond donors (Lipinski definition) is 1. The molecule has 0 saturated heterocycles. The minimum Gasteiger partial charge on any atom is -0.305 e. The van der Waals surface area contributed by atoms with E-state index in [0.717, 1.165) is 10.4 Å². The third-order valence-corrected chi connectivity index (χ3v) is 3.59. The van der Waals surface area contributed by atoms with Gasteiger partial charge in [0.15, 0.2) is 5.82 Å². The number of para-hydroxylation sites is 1. The van der Waals surface area contributed by atoms with Gasteiger partial charge in [-0.05, 0) is 31.2 Å². The van der Waals surface area contributed by atoms with Crippen LogP contribution in [0.25, 0.3) is 21.6 Å². The highest BCUT2D eigenvalue weighted by Crippen LogP contribution is 2.24. The molecule has 17 heavy (non-hydrogen) atoms. The molecule has 3 rings (SSSR count). The second kappa shape index (κ2) is 3.82. The number of nitrogens with zero attached hydrogens (tertiary/aromatic N) is 1. The molecule has 0 aliphatic heterocycles. The Morgan fingerprint density at radius 3 is 2.76 bits per heavy atom. The SMILES string of the molecule is Cc1ccc(-c2nc3ccccc3c(=O)[nH]2)s1. The Morgan fingerprint density at radius 1 is 1.18 bits per heavy atom. The maximum atomic E-state index is 11.9. The molecule has 3 nitrogen and oxygen atoms in total. The van der Waals surface area contributed by atoms with Crippen LogP contribution >= 0.6 is 11.3 Å². The lowest BCUT2D eigenvalue weighted by molar-refractivity contribution is 1.19. The zero-order chi connectivity index (χ0) is 11.8. The molecule has 2 aromatic heterocycles. The quantitative estimate of drug-likeness (QED) is 0.713. The summed E-state index contributed by atoms with van der Waals surface area (Å²) in [7, 11) is 0. The van der Waals surface area contributed by atoms with Crippen LogP contribution in [0.15, 0.2) is 41.2 Å². The molecule has 0 aliphatic rings. The van der Waals surface area contributed by atoms with Crippen molar-refractivity contribution >= 4 is 22.2 Å². The maximum absolute atomic E-state index is 11.9. The molecular formula is C13H10N2OS. The lowest BCUT2D eigenvalue weighted by Crippen LogP contribution is -2.08. The Bertz CT molecular complexity index is 742. The van der Waals surface area contributed by atoms with Crippen LogP contribution in [0.1, 0.15) is 4.88 Å². The van der Waals surface area contributed by atoms with Crippen LogP contribution < -0.4 is 5.56 Å². The normalized spacial score (nSPS) is 10.9. The summed E-state index contributed by atoms with van der Waals surface area (Å²) in [5.41, 5.74) is 0.647. The fourth-order valence-electron chi connectivity index (χ4n) is 1.76. The van der Waals surface area contributed by atoms with E-state index in [2.05, 4.69) is 9.97 Å². The minimum absolute atomic E-state index is 0.0864. The summed E-state index contributed by atoms with van der Waals surface area (Å²) in [5, 5.41) is 0.629. The van der Waals surface area contributed by atoms with Gasteiger partial charge in [0.1, 0.15) is 0 Å². The van der Waals surface area contributed by atoms with Crippen molar-refractivity contribution in [1.82, 2.24) is 9.97 Å². The standard InChI is InChI=1S/C13H10N2OS/c1-8-6-7-11(17-8)12-14-10-5-3-2-4-9(10)13(16)15-12/h2-7H,1H3,(H,14,15,16). The zero-order valence-corrected chi connectivity index (χ0v) is 10.0. The van der Waals surface area contributed by atoms with Crippen molar-refractivity contribution in [2.75, 3.05) is 0 Å². The van der Waals surface area contributed by atoms with Crippen molar-refractivity contribution in [1.29, 1.82) is 0 Å². The number of aryl methyl sites for hydroxylation is 1. The molecular weight excluding hydrogens is 232 g/mol. The third kappa shape index (κ3) is 1.76. The second-order valence-corrected chi connectivity index (χ2v) is 5.13. The van der Waals surface area contributed by atoms with Gasteiger partial charge in [0.25, 0.3) is 5.56 Å². The van der Waals surface area contributed by atoms with E-state index in [1.807, 2.05) is 37.3 Å². The molecule has 84 valence electrons. The molecule has 3 aromatic rings. The van der Waals surface area contributed by atoms with Gasteiger partial charge in [0, 0.05) is 4.88 Å². The average molecular weight is 242 g/mol. The molecule has 0 fully saturated rings. The third-order valence-electron chi connectivity index (χ3n) is 2.59. The lowest BCUT2D eigenvalue weighted by atomic mass is 10.2. The van der Waals surface area contributed by atoms with E-state index in [9.17, 15) is 4.79 Å². The highest BCUT2D eigenvalue weighted by atomic mass is 32.1. The first-order valence-corrected chi connectivity index (χ1v) is 6.11. The predicted molar refractivity (Wildman–Crippen MR) is 70.4 cm³/mol. The highest BCUT2D eigenvalue weighted by Gasteiger charge is 2.06. The maximum Gasteiger partial charge on any atom is 0.259 e. The monoisotopic (exact) mass is 242 g/mol. The van der Waals surface area contributed by atoms with Gasteiger partial charge in [0.2, 0.25) is 0 Å². The van der Waals surface area contributed by atoms with Crippen LogP contribution in [0.4, 0.5) is 0 Å². The smallest absolute Gasteiger partial charge is 0.259 e. The molecule has 1 N–H and O–H groups in total. The predicted octanol–water partition coefficient (Wildman–Crippen LogP) is 2.96. The number of benzene rings is 1. The number of H-pyrrole nitrogens is 1. The number of aromatic nitrogens is 2. The van der Waals surface area contributed by atoms with Gasteiger partial charge < -0.3 is 4.98 Å². The van der Waals surface area contributed by atoms with Crippen LogP contribution in [0.5, 0.6) is 0 Å². The van der Waals surface area contributed by atoms with E-state index < -0.39 is 0 Å². The van der Waals surface area contributed by atoms with Gasteiger partial charge in [-0.3, -0.25) is 4.79 Å². The van der Waals surface area contributed by atoms with Crippen LogP contribution in [-0.4, -0.2) is 9.97 Å². The summed E-state index contributed by atoms with van der Waals surface area (Å²) in [5.74, 6) is 0.645. The molecule has 0 atom stereocenters. The lowest BCUT2D eigenvalue weighted by Gasteiger charge is -1.99. The molecule has 0 radical (unpaired) electrons. The number of rotatable bonds is 1. The van der Waals surface area contributed by atoms with Gasteiger partial charge in [0.05, 0.1) is 15.8 Å². The molecule has 0 aliphatic carbocycles. The molecule has 2 heterocycles. The molecule has 0 amide bonds. The summed E-state index contributed by atoms with van der Waals surface area (Å²) >= 11 is 1.63. The molecule has 4 heteroatoms. The van der Waals surface area contributed by atoms with Crippen molar-refractivity contribution in [2.45, 2.75) is 6.92 Å². The molecule has 1 aromatic carbocycles. The largest absolute Gasteiger partial charge is 0.305 e. The van der Waals surface area contributed by atoms with Crippen molar-refractivity contribution < 1.29 is 0 Å². The number of nitrogens with one attached hydrogen (secondary N) is 1. The van der Waals surface area contributed by atoms with E-state index in [-0.39, 0.29) is 5.56 Å². The number of fused-ring (bicyclic) bond motifs is 1. The van der Waals surface area contributed by atoms with Crippen molar-refractivity contribution in [2.24, 2.45) is 0 Å². The minimum atomic E-state index is -0.0864. The number of hydrogen-bond acceptors (Lipinski definition) is 3. The van der Waals surface area contributed by atoms with E-state index in [1.54, 1.807) is 17.4 Å². The van der Waals surface area contributed by atoms with E-state index >= 15 is 0 Å². The van der Waals surface area contributed by atoms with Gasteiger partial charge in [-0.25, -0.2) is 4.98 Å². The first-order chi connectivity index (χ1) is 8.24. The van der Waals surface area contributed by atoms with Crippen molar-refractivity contribution in [3.63, 3.8) is 0 Å². The Balaban J connectivity index is 2.29. The zero-order valence-electron chi connectivity index (χ0n) is 9.23. The Hall–Kier alpha value is -1.94. The number of thiophene rings is 1. The van der Waals surface area contributed by atoms with Crippen LogP contribution in [-0.2, 0) is 0 Å². The molecule has 0 bridgehead atoms. The fourth-order valence-corrected chi connectivity index (χ4v) is 2.58. The molecule has 0 saturated carbocycles. The number of aromatic amines is 1. The summed E-state index contributed by atoms with van der Waals surface area (Å²) in [6.07, 6.45) is 0. The van der Waals surface area contributed by atoms with Gasteiger partial charge in [-0.1, -0.05) is 12.1 Å². The topological polar surface area (TPSA) is 45.8 Å².